The van der Waals surface area contributed by atoms with Gasteiger partial charge in [0.25, 0.3) is 0 Å². The Morgan fingerprint density at radius 3 is 3.00 bits per heavy atom. The molecule has 0 amide bonds. The highest BCUT2D eigenvalue weighted by atomic mass is 16.6. The molecule has 6 nitrogen and oxygen atoms in total. The smallest absolute Gasteiger partial charge is 0.311 e. The number of fused-ring (bicyclic) bond motifs is 1. The lowest BCUT2D eigenvalue weighted by Gasteiger charge is -2.04. The molecular formula is C10H9N3O3. The summed E-state index contributed by atoms with van der Waals surface area (Å²) in [4.78, 5) is 10.5. The van der Waals surface area contributed by atoms with Crippen molar-refractivity contribution in [2.75, 3.05) is 0 Å². The lowest BCUT2D eigenvalue weighted by molar-refractivity contribution is -0.385. The Labute approximate surface area is 90.4 Å². The van der Waals surface area contributed by atoms with E-state index in [0.717, 1.165) is 23.7 Å². The molecule has 1 heterocycles. The van der Waals surface area contributed by atoms with Crippen molar-refractivity contribution in [1.82, 2.24) is 10.2 Å². The van der Waals surface area contributed by atoms with Gasteiger partial charge in [0, 0.05) is 17.5 Å². The summed E-state index contributed by atoms with van der Waals surface area (Å²) in [5, 5.41) is 18.2. The van der Waals surface area contributed by atoms with Crippen LogP contribution in [0.2, 0.25) is 0 Å². The minimum absolute atomic E-state index is 0.000741. The summed E-state index contributed by atoms with van der Waals surface area (Å²) in [5.41, 5.74) is 0.752. The van der Waals surface area contributed by atoms with Gasteiger partial charge in [-0.15, -0.1) is 0 Å². The number of benzene rings is 1. The van der Waals surface area contributed by atoms with E-state index in [9.17, 15) is 10.1 Å². The van der Waals surface area contributed by atoms with Crippen LogP contribution in [-0.2, 0) is 0 Å². The van der Waals surface area contributed by atoms with Crippen molar-refractivity contribution in [3.05, 3.63) is 28.4 Å². The van der Waals surface area contributed by atoms with Crippen LogP contribution in [0.3, 0.4) is 0 Å². The summed E-state index contributed by atoms with van der Waals surface area (Å²) in [6.45, 7) is 0. The number of hydrogen-bond acceptors (Lipinski definition) is 4. The zero-order valence-electron chi connectivity index (χ0n) is 8.34. The second kappa shape index (κ2) is 3.19. The molecule has 2 aromatic rings. The average Bonchev–Trinajstić information content (AvgIpc) is 2.94. The van der Waals surface area contributed by atoms with E-state index in [1.165, 1.54) is 6.07 Å². The molecular weight excluding hydrogens is 210 g/mol. The van der Waals surface area contributed by atoms with Gasteiger partial charge in [-0.2, -0.15) is 5.10 Å². The molecule has 0 radical (unpaired) electrons. The van der Waals surface area contributed by atoms with E-state index in [0.29, 0.717) is 5.75 Å². The van der Waals surface area contributed by atoms with Crippen molar-refractivity contribution in [3.8, 4) is 5.75 Å². The molecule has 0 saturated heterocycles. The summed E-state index contributed by atoms with van der Waals surface area (Å²) in [6.07, 6.45) is 3.64. The molecule has 1 aliphatic rings. The van der Waals surface area contributed by atoms with E-state index in [-0.39, 0.29) is 11.8 Å². The molecule has 6 heteroatoms. The van der Waals surface area contributed by atoms with E-state index >= 15 is 0 Å². The predicted octanol–water partition coefficient (Wildman–Crippen LogP) is 2.01. The Hall–Kier alpha value is -2.11. The van der Waals surface area contributed by atoms with Gasteiger partial charge in [0.2, 0.25) is 0 Å². The van der Waals surface area contributed by atoms with E-state index in [1.54, 1.807) is 12.3 Å². The molecule has 1 N–H and O–H groups in total. The van der Waals surface area contributed by atoms with E-state index in [1.807, 2.05) is 0 Å². The molecule has 1 fully saturated rings. The van der Waals surface area contributed by atoms with Crippen molar-refractivity contribution in [2.45, 2.75) is 18.9 Å². The lowest BCUT2D eigenvalue weighted by atomic mass is 10.2. The number of aromatic amines is 1. The maximum Gasteiger partial charge on any atom is 0.311 e. The highest BCUT2D eigenvalue weighted by molar-refractivity contribution is 5.83. The van der Waals surface area contributed by atoms with Crippen LogP contribution in [0.25, 0.3) is 10.9 Å². The number of H-pyrrole nitrogens is 1. The molecule has 0 bridgehead atoms. The maximum absolute atomic E-state index is 10.9. The predicted molar refractivity (Wildman–Crippen MR) is 56.4 cm³/mol. The minimum atomic E-state index is -0.426. The SMILES string of the molecule is O=[N+]([O-])c1cc2cn[nH]c2cc1OC1CC1. The minimum Gasteiger partial charge on any atom is -0.483 e. The van der Waals surface area contributed by atoms with Crippen LogP contribution < -0.4 is 4.74 Å². The van der Waals surface area contributed by atoms with Gasteiger partial charge in [-0.3, -0.25) is 15.2 Å². The number of nitro groups is 1. The van der Waals surface area contributed by atoms with Gasteiger partial charge in [-0.1, -0.05) is 0 Å². The normalized spacial score (nSPS) is 15.2. The van der Waals surface area contributed by atoms with Gasteiger partial charge in [-0.25, -0.2) is 0 Å². The quantitative estimate of drug-likeness (QED) is 0.632. The largest absolute Gasteiger partial charge is 0.483 e. The fourth-order valence-electron chi connectivity index (χ4n) is 1.56. The monoisotopic (exact) mass is 219 g/mol. The van der Waals surface area contributed by atoms with Gasteiger partial charge in [0.05, 0.1) is 22.7 Å². The third-order valence-electron chi connectivity index (χ3n) is 2.53. The highest BCUT2D eigenvalue weighted by Crippen LogP contribution is 2.35. The second-order valence-corrected chi connectivity index (χ2v) is 3.85. The highest BCUT2D eigenvalue weighted by Gasteiger charge is 2.27. The van der Waals surface area contributed by atoms with Gasteiger partial charge < -0.3 is 4.74 Å². The lowest BCUT2D eigenvalue weighted by Crippen LogP contribution is -2.00. The van der Waals surface area contributed by atoms with Crippen LogP contribution >= 0.6 is 0 Å². The first-order valence-corrected chi connectivity index (χ1v) is 5.02. The van der Waals surface area contributed by atoms with Crippen LogP contribution in [0.1, 0.15) is 12.8 Å². The fourth-order valence-corrected chi connectivity index (χ4v) is 1.56. The summed E-state index contributed by atoms with van der Waals surface area (Å²) < 4.78 is 5.51. The molecule has 1 saturated carbocycles. The number of ether oxygens (including phenoxy) is 1. The summed E-state index contributed by atoms with van der Waals surface area (Å²) in [7, 11) is 0. The van der Waals surface area contributed by atoms with Crippen LogP contribution in [0, 0.1) is 10.1 Å². The summed E-state index contributed by atoms with van der Waals surface area (Å²) in [5.74, 6) is 0.323. The Morgan fingerprint density at radius 2 is 2.31 bits per heavy atom. The first-order valence-electron chi connectivity index (χ1n) is 5.02. The Morgan fingerprint density at radius 1 is 1.50 bits per heavy atom. The van der Waals surface area contributed by atoms with Crippen LogP contribution in [-0.4, -0.2) is 21.2 Å². The van der Waals surface area contributed by atoms with Crippen LogP contribution in [0.5, 0.6) is 5.75 Å². The Balaban J connectivity index is 2.12. The number of aromatic nitrogens is 2. The molecule has 1 aromatic heterocycles. The zero-order chi connectivity index (χ0) is 11.1. The van der Waals surface area contributed by atoms with Crippen molar-refractivity contribution in [3.63, 3.8) is 0 Å². The third kappa shape index (κ3) is 1.48. The van der Waals surface area contributed by atoms with E-state index in [4.69, 9.17) is 4.74 Å². The first-order chi connectivity index (χ1) is 7.74. The third-order valence-corrected chi connectivity index (χ3v) is 2.53. The fraction of sp³-hybridized carbons (Fsp3) is 0.300. The van der Waals surface area contributed by atoms with Gasteiger partial charge in [0.15, 0.2) is 5.75 Å². The molecule has 1 aliphatic carbocycles. The van der Waals surface area contributed by atoms with Crippen molar-refractivity contribution in [1.29, 1.82) is 0 Å². The molecule has 0 spiro atoms. The van der Waals surface area contributed by atoms with Crippen molar-refractivity contribution in [2.24, 2.45) is 0 Å². The van der Waals surface area contributed by atoms with E-state index in [2.05, 4.69) is 10.2 Å². The molecule has 0 atom stereocenters. The number of hydrogen-bond donors (Lipinski definition) is 1. The molecule has 16 heavy (non-hydrogen) atoms. The number of nitrogens with one attached hydrogen (secondary N) is 1. The average molecular weight is 219 g/mol. The number of rotatable bonds is 3. The maximum atomic E-state index is 10.9. The van der Waals surface area contributed by atoms with E-state index < -0.39 is 4.92 Å². The standard InChI is InChI=1S/C10H9N3O3/c14-13(15)9-3-6-5-11-12-8(6)4-10(9)16-7-1-2-7/h3-5,7H,1-2H2,(H,11,12). The Kier molecular flexibility index (Phi) is 1.82. The van der Waals surface area contributed by atoms with Crippen molar-refractivity contribution < 1.29 is 9.66 Å². The van der Waals surface area contributed by atoms with Crippen LogP contribution in [0.15, 0.2) is 18.3 Å². The van der Waals surface area contributed by atoms with Gasteiger partial charge in [-0.05, 0) is 12.8 Å². The summed E-state index contributed by atoms with van der Waals surface area (Å²) in [6, 6.07) is 3.12. The van der Waals surface area contributed by atoms with Gasteiger partial charge in [0.1, 0.15) is 0 Å². The molecule has 3 rings (SSSR count). The Bertz CT molecular complexity index is 559. The molecule has 0 aliphatic heterocycles. The molecule has 0 unspecified atom stereocenters. The second-order valence-electron chi connectivity index (χ2n) is 3.85. The first kappa shape index (κ1) is 9.14. The van der Waals surface area contributed by atoms with Crippen LogP contribution in [0.4, 0.5) is 5.69 Å². The molecule has 1 aromatic carbocycles. The summed E-state index contributed by atoms with van der Waals surface area (Å²) >= 11 is 0. The zero-order valence-corrected chi connectivity index (χ0v) is 8.34. The molecule has 82 valence electrons. The number of nitro benzene ring substituents is 1. The topological polar surface area (TPSA) is 81.0 Å². The number of nitrogens with zero attached hydrogens (tertiary/aromatic N) is 2. The van der Waals surface area contributed by atoms with Gasteiger partial charge >= 0.3 is 5.69 Å². The van der Waals surface area contributed by atoms with Crippen molar-refractivity contribution >= 4 is 16.6 Å².